The number of benzene rings is 3. The molecule has 352 valence electrons. The van der Waals surface area contributed by atoms with Crippen LogP contribution in [-0.2, 0) is 38.4 Å². The second-order valence-corrected chi connectivity index (χ2v) is 16.8. The largest absolute Gasteiger partial charge is 0.497 e. The summed E-state index contributed by atoms with van der Waals surface area (Å²) in [6.45, 7) is 6.46. The third kappa shape index (κ3) is 12.6. The van der Waals surface area contributed by atoms with Gasteiger partial charge in [-0.05, 0) is 68.7 Å². The summed E-state index contributed by atoms with van der Waals surface area (Å²) < 4.78 is 93.4. The van der Waals surface area contributed by atoms with Crippen molar-refractivity contribution < 1.29 is 55.4 Å². The van der Waals surface area contributed by atoms with E-state index >= 15 is 0 Å². The summed E-state index contributed by atoms with van der Waals surface area (Å²) in [7, 11) is 2.28. The van der Waals surface area contributed by atoms with Crippen molar-refractivity contribution in [2.45, 2.75) is 88.6 Å². The molecule has 1 aliphatic rings. The fourth-order valence-corrected chi connectivity index (χ4v) is 9.27. The second-order valence-electron chi connectivity index (χ2n) is 15.4. The Morgan fingerprint density at radius 1 is 0.877 bits per heavy atom. The molecule has 1 fully saturated rings. The Bertz CT molecular complexity index is 2220. The number of methoxy groups -OCH3 is 3. The molecule has 0 bridgehead atoms. The molecule has 2 heterocycles. The maximum absolute atomic E-state index is 13.6. The average Bonchev–Trinajstić information content (AvgIpc) is 3.61. The molecule has 1 saturated heterocycles. The maximum Gasteiger partial charge on any atom is 0.471 e. The number of rotatable bonds is 23. The molecule has 16 nitrogen and oxygen atoms in total. The number of nitrogens with one attached hydrogen (secondary N) is 2. The number of halogens is 3. The summed E-state index contributed by atoms with van der Waals surface area (Å²) in [5, 5.41) is 11.4. The minimum Gasteiger partial charge on any atom is -0.497 e. The van der Waals surface area contributed by atoms with Gasteiger partial charge in [0.2, 0.25) is 0 Å². The molecule has 65 heavy (non-hydrogen) atoms. The number of amides is 1. The molecule has 1 amide bonds. The predicted molar refractivity (Wildman–Crippen MR) is 233 cm³/mol. The van der Waals surface area contributed by atoms with Crippen molar-refractivity contribution in [1.29, 1.82) is 5.26 Å². The van der Waals surface area contributed by atoms with E-state index in [0.29, 0.717) is 28.2 Å². The Labute approximate surface area is 376 Å². The molecule has 0 saturated carbocycles. The smallest absolute Gasteiger partial charge is 0.471 e. The molecule has 1 aromatic heterocycles. The fraction of sp³-hybridized carbons (Fsp3) is 0.467. The number of nitriles is 1. The van der Waals surface area contributed by atoms with Crippen LogP contribution in [0.5, 0.6) is 11.5 Å². The highest BCUT2D eigenvalue weighted by Crippen LogP contribution is 2.51. The highest BCUT2D eigenvalue weighted by molar-refractivity contribution is 7.44. The van der Waals surface area contributed by atoms with Gasteiger partial charge in [-0.2, -0.15) is 18.4 Å². The lowest BCUT2D eigenvalue weighted by atomic mass is 9.80. The van der Waals surface area contributed by atoms with Crippen LogP contribution in [0.3, 0.4) is 0 Å². The van der Waals surface area contributed by atoms with Gasteiger partial charge < -0.3 is 42.8 Å². The van der Waals surface area contributed by atoms with Gasteiger partial charge in [-0.25, -0.2) is 9.46 Å². The zero-order chi connectivity index (χ0) is 47.3. The first-order valence-electron chi connectivity index (χ1n) is 20.8. The van der Waals surface area contributed by atoms with Gasteiger partial charge in [-0.1, -0.05) is 54.6 Å². The third-order valence-electron chi connectivity index (χ3n) is 10.4. The number of hydrogen-bond donors (Lipinski definition) is 2. The molecule has 5 rings (SSSR count). The van der Waals surface area contributed by atoms with Crippen molar-refractivity contribution in [1.82, 2.24) is 19.5 Å². The van der Waals surface area contributed by atoms with E-state index in [1.165, 1.54) is 13.3 Å². The van der Waals surface area contributed by atoms with Crippen LogP contribution in [0.25, 0.3) is 0 Å². The van der Waals surface area contributed by atoms with Gasteiger partial charge in [-0.3, -0.25) is 19.1 Å². The van der Waals surface area contributed by atoms with Crippen LogP contribution in [-0.4, -0.2) is 110 Å². The molecule has 20 heteroatoms. The van der Waals surface area contributed by atoms with Gasteiger partial charge in [-0.15, -0.1) is 0 Å². The first-order valence-corrected chi connectivity index (χ1v) is 21.9. The number of hydrogen-bond acceptors (Lipinski definition) is 13. The number of ether oxygens (including phenoxy) is 6. The van der Waals surface area contributed by atoms with Gasteiger partial charge in [0.1, 0.15) is 35.4 Å². The van der Waals surface area contributed by atoms with Crippen molar-refractivity contribution in [3.63, 3.8) is 0 Å². The van der Waals surface area contributed by atoms with Crippen molar-refractivity contribution in [2.24, 2.45) is 0 Å². The Morgan fingerprint density at radius 3 is 1.97 bits per heavy atom. The highest BCUT2D eigenvalue weighted by Gasteiger charge is 2.52. The van der Waals surface area contributed by atoms with Crippen LogP contribution in [0.4, 0.5) is 13.2 Å². The molecule has 0 spiro atoms. The molecule has 4 aromatic rings. The Hall–Kier alpha value is -5.16. The Morgan fingerprint density at radius 2 is 1.46 bits per heavy atom. The zero-order valence-electron chi connectivity index (χ0n) is 37.2. The van der Waals surface area contributed by atoms with E-state index in [2.05, 4.69) is 11.1 Å². The van der Waals surface area contributed by atoms with Crippen LogP contribution >= 0.6 is 8.53 Å². The summed E-state index contributed by atoms with van der Waals surface area (Å²) >= 11 is 0. The summed E-state index contributed by atoms with van der Waals surface area (Å²) in [5.41, 5.74) is -0.885. The van der Waals surface area contributed by atoms with Gasteiger partial charge in [0.25, 0.3) is 14.1 Å². The second kappa shape index (κ2) is 23.3. The number of nitrogens with zero attached hydrogens (tertiary/aromatic N) is 3. The normalized spacial score (nSPS) is 18.7. The van der Waals surface area contributed by atoms with Crippen LogP contribution < -0.4 is 26.0 Å². The van der Waals surface area contributed by atoms with E-state index in [1.54, 1.807) is 38.5 Å². The summed E-state index contributed by atoms with van der Waals surface area (Å²) in [6, 6.07) is 25.6. The standard InChI is InChI=1S/C45H55F3N5O11P/c1-29(2)53(30(3)4)65(62-25-11-23-49)64-39-37(63-41(52-24-22-38(54)51-43(52)56)40(39)60-27-34(26-57-5)50-42(55)45(46,47)48)28-61-44(31-12-9-8-10-13-31,32-14-18-35(58-6)19-15-32)33-16-20-36(59-7)21-17-33/h8-10,12-22,24,29-30,34,37,39-41H,11,25-28H2,1-7H3,(H,50,55)(H,51,54,56)/t34-,37+,39+,40+,41+,65?/m0/s1. The predicted octanol–water partition coefficient (Wildman–Crippen LogP) is 6.20. The number of aromatic nitrogens is 2. The highest BCUT2D eigenvalue weighted by atomic mass is 31.2. The number of alkyl halides is 3. The SMILES string of the molecule is COC[C@@H](CO[C@@H]1[C@H](OP(OCCC#N)N(C(C)C)C(C)C)[C@@H](COC(c2ccccc2)(c2ccc(OC)cc2)c2ccc(OC)cc2)O[C@H]1n1ccc(=O)[nH]c1=O)NC(=O)C(F)(F)F. The van der Waals surface area contributed by atoms with Gasteiger partial charge in [0.15, 0.2) is 6.23 Å². The topological polar surface area (TPSA) is 185 Å². The van der Waals surface area contributed by atoms with E-state index < -0.39 is 81.3 Å². The fourth-order valence-electron chi connectivity index (χ4n) is 7.51. The number of carbonyl (C=O) groups excluding carboxylic acids is 1. The maximum atomic E-state index is 13.6. The minimum atomic E-state index is -5.21. The molecule has 2 N–H and O–H groups in total. The van der Waals surface area contributed by atoms with E-state index in [-0.39, 0.29) is 31.7 Å². The first-order chi connectivity index (χ1) is 31.1. The van der Waals surface area contributed by atoms with Gasteiger partial charge >= 0.3 is 17.8 Å². The van der Waals surface area contributed by atoms with Crippen molar-refractivity contribution >= 4 is 14.4 Å². The van der Waals surface area contributed by atoms with E-state index in [1.807, 2.05) is 92.3 Å². The Balaban J connectivity index is 1.70. The quantitative estimate of drug-likeness (QED) is 0.0488. The van der Waals surface area contributed by atoms with Crippen LogP contribution in [0, 0.1) is 11.3 Å². The van der Waals surface area contributed by atoms with Crippen LogP contribution in [0.1, 0.15) is 57.0 Å². The van der Waals surface area contributed by atoms with E-state index in [4.69, 9.17) is 37.5 Å². The van der Waals surface area contributed by atoms with E-state index in [0.717, 1.165) is 10.6 Å². The van der Waals surface area contributed by atoms with E-state index in [9.17, 15) is 32.8 Å². The van der Waals surface area contributed by atoms with Crippen molar-refractivity contribution in [3.8, 4) is 17.6 Å². The van der Waals surface area contributed by atoms with Gasteiger partial charge in [0, 0.05) is 31.5 Å². The summed E-state index contributed by atoms with van der Waals surface area (Å²) in [4.78, 5) is 40.2. The Kier molecular flexibility index (Phi) is 18.3. The van der Waals surface area contributed by atoms with Crippen molar-refractivity contribution in [3.05, 3.63) is 129 Å². The average molecular weight is 930 g/mol. The minimum absolute atomic E-state index is 0.0212. The number of aromatic amines is 1. The summed E-state index contributed by atoms with van der Waals surface area (Å²) in [6.07, 6.45) is -9.15. The zero-order valence-corrected chi connectivity index (χ0v) is 38.0. The molecule has 6 atom stereocenters. The monoisotopic (exact) mass is 929 g/mol. The number of H-pyrrole nitrogens is 1. The van der Waals surface area contributed by atoms with Crippen LogP contribution in [0.15, 0.2) is 101 Å². The molecule has 1 aliphatic heterocycles. The molecule has 1 unspecified atom stereocenters. The molecular weight excluding hydrogens is 874 g/mol. The van der Waals surface area contributed by atoms with Gasteiger partial charge in [0.05, 0.1) is 59.2 Å². The molecule has 0 radical (unpaired) electrons. The molecule has 0 aliphatic carbocycles. The van der Waals surface area contributed by atoms with Crippen LogP contribution in [0.2, 0.25) is 0 Å². The lowest BCUT2D eigenvalue weighted by Gasteiger charge is -2.39. The summed E-state index contributed by atoms with van der Waals surface area (Å²) in [5.74, 6) is -1.03. The third-order valence-corrected chi connectivity index (χ3v) is 12.5. The number of carbonyl (C=O) groups is 1. The lowest BCUT2D eigenvalue weighted by Crippen LogP contribution is -2.49. The lowest BCUT2D eigenvalue weighted by molar-refractivity contribution is -0.175. The first kappa shape index (κ1) is 50.8. The molecular formula is C45H55F3N5O11P. The molecule has 3 aromatic carbocycles. The van der Waals surface area contributed by atoms with Crippen molar-refractivity contribution in [2.75, 3.05) is 47.8 Å².